The fourth-order valence-electron chi connectivity index (χ4n) is 4.12. The van der Waals surface area contributed by atoms with Gasteiger partial charge in [-0.25, -0.2) is 0 Å². The van der Waals surface area contributed by atoms with Crippen LogP contribution in [0.25, 0.3) is 0 Å². The molecular formula is C17H14N2O4. The minimum atomic E-state index is -0.216. The van der Waals surface area contributed by atoms with Crippen molar-refractivity contribution in [1.29, 1.82) is 0 Å². The third-order valence-corrected chi connectivity index (χ3v) is 5.17. The van der Waals surface area contributed by atoms with E-state index in [2.05, 4.69) is 17.3 Å². The summed E-state index contributed by atoms with van der Waals surface area (Å²) in [5, 5.41) is 5.19. The van der Waals surface area contributed by atoms with E-state index in [1.165, 1.54) is 6.21 Å². The first-order chi connectivity index (χ1) is 11.2. The topological polar surface area (TPSA) is 68.2 Å². The number of benzene rings is 1. The number of fused-ring (bicyclic) bond motifs is 6. The molecule has 0 aromatic heterocycles. The SMILES string of the molecule is O=C1[C@@H]2[C@@H](C(=O)N1/N=C\c1ccc3c(c1)OCO3)[C@@H]1C=C[C@@H]2C1. The number of carbonyl (C=O) groups excluding carboxylic acids is 2. The summed E-state index contributed by atoms with van der Waals surface area (Å²) in [7, 11) is 0. The predicted octanol–water partition coefficient (Wildman–Crippen LogP) is 1.56. The number of amides is 2. The molecule has 0 unspecified atom stereocenters. The Labute approximate surface area is 132 Å². The molecule has 0 radical (unpaired) electrons. The molecule has 2 bridgehead atoms. The number of nitrogens with zero attached hydrogens (tertiary/aromatic N) is 2. The van der Waals surface area contributed by atoms with Crippen LogP contribution < -0.4 is 9.47 Å². The molecule has 5 rings (SSSR count). The Morgan fingerprint density at radius 1 is 1.04 bits per heavy atom. The van der Waals surface area contributed by atoms with Crippen LogP contribution in [0, 0.1) is 23.7 Å². The van der Waals surface area contributed by atoms with E-state index in [1.54, 1.807) is 12.1 Å². The highest BCUT2D eigenvalue weighted by Crippen LogP contribution is 2.52. The lowest BCUT2D eigenvalue weighted by Crippen LogP contribution is -2.28. The Morgan fingerprint density at radius 2 is 1.74 bits per heavy atom. The second kappa shape index (κ2) is 4.44. The van der Waals surface area contributed by atoms with E-state index in [0.717, 1.165) is 17.0 Å². The van der Waals surface area contributed by atoms with Crippen LogP contribution in [0.5, 0.6) is 11.5 Å². The summed E-state index contributed by atoms with van der Waals surface area (Å²) < 4.78 is 10.6. The van der Waals surface area contributed by atoms with Gasteiger partial charge >= 0.3 is 0 Å². The molecule has 1 saturated carbocycles. The first-order valence-corrected chi connectivity index (χ1v) is 7.72. The highest BCUT2D eigenvalue weighted by molar-refractivity contribution is 6.06. The van der Waals surface area contributed by atoms with Crippen molar-refractivity contribution in [2.45, 2.75) is 6.42 Å². The van der Waals surface area contributed by atoms with Crippen molar-refractivity contribution in [3.63, 3.8) is 0 Å². The van der Waals surface area contributed by atoms with E-state index < -0.39 is 0 Å². The van der Waals surface area contributed by atoms with Gasteiger partial charge < -0.3 is 9.47 Å². The van der Waals surface area contributed by atoms with Crippen LogP contribution >= 0.6 is 0 Å². The molecule has 4 aliphatic rings. The van der Waals surface area contributed by atoms with E-state index in [4.69, 9.17) is 9.47 Å². The van der Waals surface area contributed by atoms with Gasteiger partial charge in [0.2, 0.25) is 6.79 Å². The number of ether oxygens (including phenoxy) is 2. The van der Waals surface area contributed by atoms with Crippen molar-refractivity contribution in [2.24, 2.45) is 28.8 Å². The standard InChI is InChI=1S/C17H14N2O4/c20-16-14-10-2-3-11(6-10)15(14)17(21)19(16)18-7-9-1-4-12-13(5-9)23-8-22-12/h1-5,7,10-11,14-15H,6,8H2/b18-7-/t10-,11-,14+,15+/m1/s1. The Kier molecular flexibility index (Phi) is 2.48. The van der Waals surface area contributed by atoms with Gasteiger partial charge in [0.05, 0.1) is 18.1 Å². The summed E-state index contributed by atoms with van der Waals surface area (Å²) >= 11 is 0. The lowest BCUT2D eigenvalue weighted by Gasteiger charge is -2.13. The molecule has 1 aromatic carbocycles. The number of rotatable bonds is 2. The first kappa shape index (κ1) is 12.9. The fourth-order valence-corrected chi connectivity index (χ4v) is 4.12. The molecule has 6 nitrogen and oxygen atoms in total. The second-order valence-electron chi connectivity index (χ2n) is 6.35. The number of imide groups is 1. The molecule has 2 fully saturated rings. The number of hydrogen-bond donors (Lipinski definition) is 0. The van der Waals surface area contributed by atoms with Crippen LogP contribution in [-0.2, 0) is 9.59 Å². The van der Waals surface area contributed by atoms with Crippen LogP contribution in [0.15, 0.2) is 35.5 Å². The van der Waals surface area contributed by atoms with Crippen LogP contribution in [0.1, 0.15) is 12.0 Å². The zero-order valence-corrected chi connectivity index (χ0v) is 12.2. The molecular weight excluding hydrogens is 296 g/mol. The van der Waals surface area contributed by atoms with E-state index in [-0.39, 0.29) is 42.3 Å². The lowest BCUT2D eigenvalue weighted by molar-refractivity contribution is -0.140. The molecule has 1 saturated heterocycles. The second-order valence-corrected chi connectivity index (χ2v) is 6.35. The Balaban J connectivity index is 1.41. The summed E-state index contributed by atoms with van der Waals surface area (Å²) in [6.07, 6.45) is 6.59. The van der Waals surface area contributed by atoms with Gasteiger partial charge in [-0.15, -0.1) is 0 Å². The van der Waals surface area contributed by atoms with Crippen LogP contribution in [-0.4, -0.2) is 29.8 Å². The summed E-state index contributed by atoms with van der Waals surface area (Å²) in [5.41, 5.74) is 0.757. The van der Waals surface area contributed by atoms with Crippen LogP contribution in [0.2, 0.25) is 0 Å². The van der Waals surface area contributed by atoms with Crippen molar-refractivity contribution in [3.05, 3.63) is 35.9 Å². The number of hydrazone groups is 1. The largest absolute Gasteiger partial charge is 0.454 e. The number of carbonyl (C=O) groups is 2. The zero-order valence-electron chi connectivity index (χ0n) is 12.2. The zero-order chi connectivity index (χ0) is 15.6. The maximum absolute atomic E-state index is 12.5. The molecule has 2 aliphatic heterocycles. The van der Waals surface area contributed by atoms with Crippen LogP contribution in [0.3, 0.4) is 0 Å². The van der Waals surface area contributed by atoms with Gasteiger partial charge in [0.15, 0.2) is 11.5 Å². The van der Waals surface area contributed by atoms with Gasteiger partial charge in [0.1, 0.15) is 0 Å². The number of allylic oxidation sites excluding steroid dienone is 2. The third-order valence-electron chi connectivity index (χ3n) is 5.17. The lowest BCUT2D eigenvalue weighted by atomic mass is 9.85. The van der Waals surface area contributed by atoms with E-state index in [0.29, 0.717) is 11.5 Å². The van der Waals surface area contributed by atoms with Gasteiger partial charge in [-0.3, -0.25) is 9.59 Å². The normalized spacial score (nSPS) is 33.3. The average molecular weight is 310 g/mol. The number of hydrogen-bond acceptors (Lipinski definition) is 5. The first-order valence-electron chi connectivity index (χ1n) is 7.72. The van der Waals surface area contributed by atoms with Gasteiger partial charge in [-0.1, -0.05) is 12.2 Å². The van der Waals surface area contributed by atoms with Crippen molar-refractivity contribution >= 4 is 18.0 Å². The molecule has 4 atom stereocenters. The summed E-state index contributed by atoms with van der Waals surface area (Å²) in [6, 6.07) is 5.38. The smallest absolute Gasteiger partial charge is 0.254 e. The Morgan fingerprint density at radius 3 is 2.48 bits per heavy atom. The fraction of sp³-hybridized carbons (Fsp3) is 0.353. The van der Waals surface area contributed by atoms with Gasteiger partial charge in [0.25, 0.3) is 11.8 Å². The molecule has 0 spiro atoms. The summed E-state index contributed by atoms with van der Waals surface area (Å²) in [6.45, 7) is 0.207. The molecule has 6 heteroatoms. The van der Waals surface area contributed by atoms with Crippen molar-refractivity contribution < 1.29 is 19.1 Å². The van der Waals surface area contributed by atoms with Gasteiger partial charge in [0, 0.05) is 0 Å². The minimum absolute atomic E-state index is 0.172. The summed E-state index contributed by atoms with van der Waals surface area (Å²) in [4.78, 5) is 25.0. The quantitative estimate of drug-likeness (QED) is 0.472. The molecule has 116 valence electrons. The van der Waals surface area contributed by atoms with Crippen molar-refractivity contribution in [1.82, 2.24) is 5.01 Å². The minimum Gasteiger partial charge on any atom is -0.454 e. The molecule has 23 heavy (non-hydrogen) atoms. The predicted molar refractivity (Wildman–Crippen MR) is 79.7 cm³/mol. The Bertz CT molecular complexity index is 755. The Hall–Kier alpha value is -2.63. The molecule has 2 amide bonds. The van der Waals surface area contributed by atoms with Gasteiger partial charge in [-0.05, 0) is 42.0 Å². The molecule has 0 N–H and O–H groups in total. The average Bonchev–Trinajstić information content (AvgIpc) is 3.30. The summed E-state index contributed by atoms with van der Waals surface area (Å²) in [5.74, 6) is 0.958. The van der Waals surface area contributed by atoms with E-state index in [1.807, 2.05) is 6.07 Å². The molecule has 1 aromatic rings. The highest BCUT2D eigenvalue weighted by atomic mass is 16.7. The maximum atomic E-state index is 12.5. The van der Waals surface area contributed by atoms with E-state index in [9.17, 15) is 9.59 Å². The van der Waals surface area contributed by atoms with Crippen molar-refractivity contribution in [3.8, 4) is 11.5 Å². The monoisotopic (exact) mass is 310 g/mol. The van der Waals surface area contributed by atoms with Crippen molar-refractivity contribution in [2.75, 3.05) is 6.79 Å². The molecule has 2 aliphatic carbocycles. The maximum Gasteiger partial charge on any atom is 0.254 e. The van der Waals surface area contributed by atoms with E-state index >= 15 is 0 Å². The highest BCUT2D eigenvalue weighted by Gasteiger charge is 2.59. The third kappa shape index (κ3) is 1.72. The van der Waals surface area contributed by atoms with Gasteiger partial charge in [-0.2, -0.15) is 10.1 Å². The molecule has 2 heterocycles. The van der Waals surface area contributed by atoms with Crippen LogP contribution in [0.4, 0.5) is 0 Å².